The third-order valence-electron chi connectivity index (χ3n) is 3.43. The summed E-state index contributed by atoms with van der Waals surface area (Å²) in [4.78, 5) is 22.3. The van der Waals surface area contributed by atoms with Gasteiger partial charge in [0.15, 0.2) is 0 Å². The summed E-state index contributed by atoms with van der Waals surface area (Å²) in [7, 11) is 0. The Morgan fingerprint density at radius 3 is 2.74 bits per heavy atom. The Morgan fingerprint density at radius 2 is 2.11 bits per heavy atom. The molecule has 0 aromatic heterocycles. The standard InChI is InChI=1S/C13H15IN2O3/c14-12-6-5-10(16(18)19)7-11(12)13(17)15-8-9-3-1-2-4-9/h5-7,9H,1-4,8H2,(H,15,17). The second-order valence-corrected chi connectivity index (χ2v) is 5.94. The summed E-state index contributed by atoms with van der Waals surface area (Å²) in [6.07, 6.45) is 4.78. The molecule has 5 nitrogen and oxygen atoms in total. The monoisotopic (exact) mass is 374 g/mol. The molecule has 1 N–H and O–H groups in total. The first kappa shape index (κ1) is 14.2. The molecular weight excluding hydrogens is 359 g/mol. The van der Waals surface area contributed by atoms with Crippen molar-refractivity contribution in [2.24, 2.45) is 5.92 Å². The molecule has 2 rings (SSSR count). The topological polar surface area (TPSA) is 72.2 Å². The molecule has 0 atom stereocenters. The normalized spacial score (nSPS) is 15.4. The number of hydrogen-bond acceptors (Lipinski definition) is 3. The van der Waals surface area contributed by atoms with Crippen LogP contribution in [0.15, 0.2) is 18.2 Å². The Kier molecular flexibility index (Phi) is 4.73. The Balaban J connectivity index is 2.04. The van der Waals surface area contributed by atoms with Gasteiger partial charge in [-0.3, -0.25) is 14.9 Å². The average Bonchev–Trinajstić information content (AvgIpc) is 2.89. The van der Waals surface area contributed by atoms with E-state index in [0.29, 0.717) is 18.0 Å². The Morgan fingerprint density at radius 1 is 1.42 bits per heavy atom. The minimum atomic E-state index is -0.482. The van der Waals surface area contributed by atoms with Crippen LogP contribution in [0.5, 0.6) is 0 Å². The van der Waals surface area contributed by atoms with Crippen LogP contribution in [0.4, 0.5) is 5.69 Å². The van der Waals surface area contributed by atoms with Gasteiger partial charge in [0.05, 0.1) is 10.5 Å². The molecule has 1 aliphatic carbocycles. The minimum Gasteiger partial charge on any atom is -0.352 e. The summed E-state index contributed by atoms with van der Waals surface area (Å²) in [6.45, 7) is 0.664. The van der Waals surface area contributed by atoms with E-state index in [9.17, 15) is 14.9 Å². The molecule has 1 aromatic rings. The number of non-ortho nitro benzene ring substituents is 1. The van der Waals surface area contributed by atoms with Crippen LogP contribution in [0.1, 0.15) is 36.0 Å². The van der Waals surface area contributed by atoms with Gasteiger partial charge in [-0.2, -0.15) is 0 Å². The third kappa shape index (κ3) is 3.65. The molecule has 0 aliphatic heterocycles. The number of nitrogens with one attached hydrogen (secondary N) is 1. The number of halogens is 1. The van der Waals surface area contributed by atoms with Gasteiger partial charge in [0, 0.05) is 22.2 Å². The zero-order valence-corrected chi connectivity index (χ0v) is 12.6. The van der Waals surface area contributed by atoms with Gasteiger partial charge in [0.2, 0.25) is 0 Å². The SMILES string of the molecule is O=C(NCC1CCCC1)c1cc([N+](=O)[O-])ccc1I. The van der Waals surface area contributed by atoms with Crippen LogP contribution in [0.2, 0.25) is 0 Å². The molecule has 1 amide bonds. The van der Waals surface area contributed by atoms with E-state index in [0.717, 1.165) is 16.4 Å². The molecule has 1 fully saturated rings. The van der Waals surface area contributed by atoms with Crippen LogP contribution in [-0.4, -0.2) is 17.4 Å². The fourth-order valence-corrected chi connectivity index (χ4v) is 2.93. The molecule has 0 heterocycles. The van der Waals surface area contributed by atoms with Gasteiger partial charge in [-0.15, -0.1) is 0 Å². The number of benzene rings is 1. The fourth-order valence-electron chi connectivity index (χ4n) is 2.35. The molecule has 1 aromatic carbocycles. The lowest BCUT2D eigenvalue weighted by molar-refractivity contribution is -0.384. The van der Waals surface area contributed by atoms with Crippen molar-refractivity contribution in [3.05, 3.63) is 37.4 Å². The summed E-state index contributed by atoms with van der Waals surface area (Å²) < 4.78 is 0.729. The van der Waals surface area contributed by atoms with Crippen molar-refractivity contribution in [2.45, 2.75) is 25.7 Å². The van der Waals surface area contributed by atoms with Crippen LogP contribution in [0.25, 0.3) is 0 Å². The Bertz CT molecular complexity index is 499. The van der Waals surface area contributed by atoms with E-state index in [1.807, 2.05) is 22.6 Å². The van der Waals surface area contributed by atoms with Gasteiger partial charge in [-0.25, -0.2) is 0 Å². The second kappa shape index (κ2) is 6.31. The predicted molar refractivity (Wildman–Crippen MR) is 80.1 cm³/mol. The molecule has 0 spiro atoms. The molecule has 19 heavy (non-hydrogen) atoms. The number of nitrogens with zero attached hydrogens (tertiary/aromatic N) is 1. The predicted octanol–water partition coefficient (Wildman–Crippen LogP) is 3.12. The summed E-state index contributed by atoms with van der Waals surface area (Å²) in [5, 5.41) is 13.6. The van der Waals surface area contributed by atoms with E-state index in [2.05, 4.69) is 5.32 Å². The second-order valence-electron chi connectivity index (χ2n) is 4.78. The first-order valence-electron chi connectivity index (χ1n) is 6.30. The fraction of sp³-hybridized carbons (Fsp3) is 0.462. The lowest BCUT2D eigenvalue weighted by Gasteiger charge is -2.11. The molecule has 1 aliphatic rings. The largest absolute Gasteiger partial charge is 0.352 e. The quantitative estimate of drug-likeness (QED) is 0.500. The highest BCUT2D eigenvalue weighted by Crippen LogP contribution is 2.24. The molecule has 0 bridgehead atoms. The minimum absolute atomic E-state index is 0.0496. The average molecular weight is 374 g/mol. The maximum absolute atomic E-state index is 12.1. The van der Waals surface area contributed by atoms with Crippen molar-refractivity contribution >= 4 is 34.2 Å². The van der Waals surface area contributed by atoms with Crippen molar-refractivity contribution in [1.29, 1.82) is 0 Å². The zero-order valence-electron chi connectivity index (χ0n) is 10.4. The Labute approximate surface area is 125 Å². The van der Waals surface area contributed by atoms with Crippen LogP contribution >= 0.6 is 22.6 Å². The van der Waals surface area contributed by atoms with E-state index in [1.54, 1.807) is 6.07 Å². The van der Waals surface area contributed by atoms with Crippen molar-refractivity contribution in [1.82, 2.24) is 5.32 Å². The van der Waals surface area contributed by atoms with Crippen LogP contribution in [0, 0.1) is 19.6 Å². The number of rotatable bonds is 4. The highest BCUT2D eigenvalue weighted by molar-refractivity contribution is 14.1. The van der Waals surface area contributed by atoms with E-state index in [-0.39, 0.29) is 11.6 Å². The lowest BCUT2D eigenvalue weighted by Crippen LogP contribution is -2.29. The molecule has 6 heteroatoms. The first-order valence-corrected chi connectivity index (χ1v) is 7.38. The number of nitro benzene ring substituents is 1. The smallest absolute Gasteiger partial charge is 0.270 e. The Hall–Kier alpha value is -1.18. The van der Waals surface area contributed by atoms with Crippen LogP contribution < -0.4 is 5.32 Å². The van der Waals surface area contributed by atoms with Gasteiger partial charge < -0.3 is 5.32 Å². The zero-order chi connectivity index (χ0) is 13.8. The van der Waals surface area contributed by atoms with Gasteiger partial charge in [0.25, 0.3) is 11.6 Å². The van der Waals surface area contributed by atoms with Crippen molar-refractivity contribution in [3.63, 3.8) is 0 Å². The lowest BCUT2D eigenvalue weighted by atomic mass is 10.1. The van der Waals surface area contributed by atoms with E-state index < -0.39 is 4.92 Å². The molecule has 0 saturated heterocycles. The van der Waals surface area contributed by atoms with Gasteiger partial charge in [-0.05, 0) is 47.4 Å². The van der Waals surface area contributed by atoms with Gasteiger partial charge in [0.1, 0.15) is 0 Å². The van der Waals surface area contributed by atoms with E-state index >= 15 is 0 Å². The summed E-state index contributed by atoms with van der Waals surface area (Å²) in [5.74, 6) is 0.334. The third-order valence-corrected chi connectivity index (χ3v) is 4.37. The number of hydrogen-bond donors (Lipinski definition) is 1. The van der Waals surface area contributed by atoms with E-state index in [4.69, 9.17) is 0 Å². The maximum atomic E-state index is 12.1. The summed E-state index contributed by atoms with van der Waals surface area (Å²) in [5.41, 5.74) is 0.333. The molecule has 102 valence electrons. The maximum Gasteiger partial charge on any atom is 0.270 e. The number of nitro groups is 1. The van der Waals surface area contributed by atoms with Crippen LogP contribution in [-0.2, 0) is 0 Å². The van der Waals surface area contributed by atoms with Crippen LogP contribution in [0.3, 0.4) is 0 Å². The molecular formula is C13H15IN2O3. The number of carbonyl (C=O) groups is 1. The molecule has 0 radical (unpaired) electrons. The van der Waals surface area contributed by atoms with Gasteiger partial charge in [-0.1, -0.05) is 12.8 Å². The highest BCUT2D eigenvalue weighted by Gasteiger charge is 2.18. The van der Waals surface area contributed by atoms with Crippen molar-refractivity contribution in [3.8, 4) is 0 Å². The van der Waals surface area contributed by atoms with Gasteiger partial charge >= 0.3 is 0 Å². The molecule has 1 saturated carbocycles. The van der Waals surface area contributed by atoms with Crippen molar-refractivity contribution < 1.29 is 9.72 Å². The van der Waals surface area contributed by atoms with Crippen molar-refractivity contribution in [2.75, 3.05) is 6.54 Å². The molecule has 0 unspecified atom stereocenters. The first-order chi connectivity index (χ1) is 9.08. The number of amides is 1. The summed E-state index contributed by atoms with van der Waals surface area (Å²) in [6, 6.07) is 4.35. The summed E-state index contributed by atoms with van der Waals surface area (Å²) >= 11 is 2.02. The highest BCUT2D eigenvalue weighted by atomic mass is 127. The van der Waals surface area contributed by atoms with E-state index in [1.165, 1.54) is 25.0 Å². The number of carbonyl (C=O) groups excluding carboxylic acids is 1.